The molecule has 0 unspecified atom stereocenters. The Hall–Kier alpha value is -4.33. The summed E-state index contributed by atoms with van der Waals surface area (Å²) in [7, 11) is -0.248. The number of aliphatic hydroxyl groups excluding tert-OH is 2. The maximum Gasteiger partial charge on any atom is 0.408 e. The number of amides is 1. The molecule has 2 saturated carbocycles. The van der Waals surface area contributed by atoms with Crippen molar-refractivity contribution in [2.75, 3.05) is 20.8 Å². The van der Waals surface area contributed by atoms with E-state index in [1.54, 1.807) is 53.7 Å². The molecule has 2 bridgehead atoms. The van der Waals surface area contributed by atoms with Gasteiger partial charge in [0.05, 0.1) is 44.3 Å². The second kappa shape index (κ2) is 20.3. The van der Waals surface area contributed by atoms with E-state index in [0.717, 1.165) is 5.57 Å². The zero-order valence-corrected chi connectivity index (χ0v) is 45.4. The van der Waals surface area contributed by atoms with Crippen LogP contribution in [0.1, 0.15) is 134 Å². The van der Waals surface area contributed by atoms with Gasteiger partial charge in [-0.25, -0.2) is 14.4 Å². The number of esters is 3. The molecule has 1 aromatic carbocycles. The largest absolute Gasteiger partial charge is 0.497 e. The summed E-state index contributed by atoms with van der Waals surface area (Å²) >= 11 is 0. The van der Waals surface area contributed by atoms with Crippen LogP contribution in [-0.2, 0) is 42.5 Å². The summed E-state index contributed by atoms with van der Waals surface area (Å²) in [6, 6.07) is 3.30. The van der Waals surface area contributed by atoms with Crippen LogP contribution in [0.5, 0.6) is 11.5 Å². The molecule has 1 amide bonds. The van der Waals surface area contributed by atoms with Gasteiger partial charge in [-0.2, -0.15) is 0 Å². The van der Waals surface area contributed by atoms with E-state index >= 15 is 9.59 Å². The minimum Gasteiger partial charge on any atom is -0.497 e. The maximum absolute atomic E-state index is 15.5. The summed E-state index contributed by atoms with van der Waals surface area (Å²) in [6.45, 7) is 28.0. The van der Waals surface area contributed by atoms with Crippen LogP contribution in [-0.4, -0.2) is 134 Å². The summed E-state index contributed by atoms with van der Waals surface area (Å²) < 4.78 is 49.1. The number of methoxy groups -OCH3 is 2. The molecule has 18 heteroatoms. The minimum atomic E-state index is -3.01. The van der Waals surface area contributed by atoms with Crippen LogP contribution in [0.3, 0.4) is 0 Å². The van der Waals surface area contributed by atoms with Gasteiger partial charge in [-0.05, 0) is 94.4 Å². The van der Waals surface area contributed by atoms with Gasteiger partial charge in [-0.1, -0.05) is 67.0 Å². The average molecular weight is 1000 g/mol. The van der Waals surface area contributed by atoms with E-state index in [1.807, 2.05) is 55.4 Å². The Morgan fingerprint density at radius 2 is 1.53 bits per heavy atom. The van der Waals surface area contributed by atoms with Crippen LogP contribution in [0.2, 0.25) is 16.6 Å². The zero-order valence-electron chi connectivity index (χ0n) is 44.4. The van der Waals surface area contributed by atoms with Crippen LogP contribution < -0.4 is 14.8 Å². The number of Topliss-reactive ketones (excluding diaryl/α,β-unsaturated/α-hetero) is 1. The Morgan fingerprint density at radius 3 is 2.01 bits per heavy atom. The van der Waals surface area contributed by atoms with Crippen molar-refractivity contribution in [3.8, 4) is 11.5 Å². The number of ether oxygens (including phenoxy) is 7. The lowest BCUT2D eigenvalue weighted by Crippen LogP contribution is -2.81. The lowest BCUT2D eigenvalue weighted by Gasteiger charge is -2.67. The van der Waals surface area contributed by atoms with Crippen molar-refractivity contribution in [1.82, 2.24) is 5.32 Å². The molecule has 1 saturated heterocycles. The Morgan fingerprint density at radius 1 is 0.929 bits per heavy atom. The maximum atomic E-state index is 15.5. The van der Waals surface area contributed by atoms with Crippen molar-refractivity contribution in [3.63, 3.8) is 0 Å². The van der Waals surface area contributed by atoms with Crippen LogP contribution >= 0.6 is 0 Å². The first-order chi connectivity index (χ1) is 32.2. The number of carbonyl (C=O) groups is 5. The van der Waals surface area contributed by atoms with Gasteiger partial charge in [0.25, 0.3) is 0 Å². The highest BCUT2D eigenvalue weighted by Gasteiger charge is 2.78. The molecule has 0 radical (unpaired) electrons. The summed E-state index contributed by atoms with van der Waals surface area (Å²) in [5.41, 5.74) is -8.17. The number of hydrogen-bond acceptors (Lipinski definition) is 16. The van der Waals surface area contributed by atoms with Crippen LogP contribution in [0, 0.1) is 16.7 Å². The molecule has 1 heterocycles. The fourth-order valence-corrected chi connectivity index (χ4v) is 17.8. The predicted molar refractivity (Wildman–Crippen MR) is 261 cm³/mol. The van der Waals surface area contributed by atoms with Gasteiger partial charge in [0, 0.05) is 25.2 Å². The van der Waals surface area contributed by atoms with Crippen molar-refractivity contribution in [2.24, 2.45) is 16.7 Å². The first-order valence-electron chi connectivity index (χ1n) is 24.3. The van der Waals surface area contributed by atoms with Crippen LogP contribution in [0.25, 0.3) is 0 Å². The SMILES string of the molecule is COc1ccc(OC)c(C(=O)O[C@H]2[C@@H]3[C@]4(OC(C)=O)CO[C@@H]4C[C@H](O)[C@@]3(C)C(=O)[C@H](O)C3=C(C)[C@@H](OC(=O)[C@H](O[Si](C(C)C)(C(C)C)C(C)C)[C@H](C=C(C)C)NC(=O)OC(C)(C)C)C[C@]2(O)C3(C)C)c1. The Kier molecular flexibility index (Phi) is 16.4. The van der Waals surface area contributed by atoms with E-state index in [4.69, 9.17) is 37.6 Å². The fraction of sp³-hybridized carbons (Fsp3) is 0.712. The number of rotatable bonds is 15. The molecule has 11 atom stereocenters. The number of alkyl carbamates (subject to hydrolysis) is 1. The van der Waals surface area contributed by atoms with E-state index < -0.39 is 121 Å². The summed E-state index contributed by atoms with van der Waals surface area (Å²) in [5, 5.41) is 41.6. The third-order valence-electron chi connectivity index (χ3n) is 15.6. The molecule has 0 spiro atoms. The molecule has 4 N–H and O–H groups in total. The molecule has 17 nitrogen and oxygen atoms in total. The molecule has 392 valence electrons. The highest BCUT2D eigenvalue weighted by atomic mass is 28.4. The minimum absolute atomic E-state index is 0.0350. The van der Waals surface area contributed by atoms with E-state index in [2.05, 4.69) is 5.32 Å². The van der Waals surface area contributed by atoms with Crippen molar-refractivity contribution in [2.45, 2.75) is 200 Å². The smallest absolute Gasteiger partial charge is 0.408 e. The third kappa shape index (κ3) is 9.81. The van der Waals surface area contributed by atoms with Gasteiger partial charge in [-0.15, -0.1) is 0 Å². The highest BCUT2D eigenvalue weighted by Crippen LogP contribution is 2.64. The fourth-order valence-electron chi connectivity index (χ4n) is 12.3. The number of aliphatic hydroxyl groups is 3. The van der Waals surface area contributed by atoms with Crippen LogP contribution in [0.4, 0.5) is 4.79 Å². The molecule has 5 rings (SSSR count). The monoisotopic (exact) mass is 1000 g/mol. The molecular weight excluding hydrogens is 923 g/mol. The van der Waals surface area contributed by atoms with E-state index in [9.17, 15) is 29.7 Å². The first-order valence-corrected chi connectivity index (χ1v) is 26.5. The molecule has 3 fully saturated rings. The Labute approximate surface area is 414 Å². The number of benzene rings is 1. The number of allylic oxidation sites excluding steroid dienone is 1. The number of hydrogen-bond donors (Lipinski definition) is 4. The van der Waals surface area contributed by atoms with Gasteiger partial charge in [0.1, 0.15) is 52.7 Å². The molecule has 3 aliphatic carbocycles. The number of carbonyl (C=O) groups excluding carboxylic acids is 5. The van der Waals surface area contributed by atoms with E-state index in [0.29, 0.717) is 0 Å². The zero-order chi connectivity index (χ0) is 53.0. The topological polar surface area (TPSA) is 232 Å². The predicted octanol–water partition coefficient (Wildman–Crippen LogP) is 7.07. The Balaban J connectivity index is 1.80. The number of ketones is 1. The van der Waals surface area contributed by atoms with Gasteiger partial charge in [0.15, 0.2) is 17.5 Å². The van der Waals surface area contributed by atoms with E-state index in [-0.39, 0.29) is 57.9 Å². The molecule has 0 aromatic heterocycles. The summed E-state index contributed by atoms with van der Waals surface area (Å²) in [6.07, 6.45) is -9.29. The van der Waals surface area contributed by atoms with Crippen molar-refractivity contribution in [3.05, 3.63) is 46.6 Å². The molecule has 1 aliphatic heterocycles. The van der Waals surface area contributed by atoms with Gasteiger partial charge in [-0.3, -0.25) is 9.59 Å². The molecule has 4 aliphatic rings. The number of nitrogens with one attached hydrogen (secondary N) is 1. The lowest BCUT2D eigenvalue weighted by molar-refractivity contribution is -0.346. The summed E-state index contributed by atoms with van der Waals surface area (Å²) in [5.74, 6) is -4.91. The Bertz CT molecular complexity index is 2220. The van der Waals surface area contributed by atoms with Crippen molar-refractivity contribution >= 4 is 38.1 Å². The molecule has 70 heavy (non-hydrogen) atoms. The van der Waals surface area contributed by atoms with Gasteiger partial charge >= 0.3 is 24.0 Å². The second-order valence-corrected chi connectivity index (χ2v) is 28.0. The first kappa shape index (κ1) is 56.6. The third-order valence-corrected chi connectivity index (χ3v) is 21.7. The molecular formula is C52H79NO16Si. The van der Waals surface area contributed by atoms with E-state index in [1.165, 1.54) is 40.2 Å². The molecule has 1 aromatic rings. The standard InChI is InChI=1S/C52H79NO16Si/c1-26(2)21-34(53-47(60)68-48(11,12)13)41(69-70(27(3)4,28(5)6)29(7)8)46(59)65-36-24-52(61)44(66-45(58)33-22-32(62-17)19-20-35(33)63-18)42-50(16,43(57)40(56)39(30(36)9)49(52,14)15)37(55)23-38-51(42,25-64-38)67-31(10)54/h19-22,27-29,34,36-38,40-42,44,55-56,61H,23-25H2,1-18H3,(H,53,60)/t34-,36-,37-,38+,40+,41+,42-,44-,50+,51-,52+/m0/s1. The van der Waals surface area contributed by atoms with Crippen molar-refractivity contribution < 1.29 is 76.9 Å². The lowest BCUT2D eigenvalue weighted by atomic mass is 9.44. The summed E-state index contributed by atoms with van der Waals surface area (Å²) in [4.78, 5) is 72.5. The van der Waals surface area contributed by atoms with Crippen LogP contribution in [0.15, 0.2) is 41.0 Å². The van der Waals surface area contributed by atoms with Crippen molar-refractivity contribution in [1.29, 1.82) is 0 Å². The second-order valence-electron chi connectivity index (χ2n) is 22.6. The van der Waals surface area contributed by atoms with Gasteiger partial charge < -0.3 is 58.2 Å². The highest BCUT2D eigenvalue weighted by molar-refractivity contribution is 6.77. The number of fused-ring (bicyclic) bond motifs is 5. The average Bonchev–Trinajstić information content (AvgIpc) is 3.23. The quantitative estimate of drug-likeness (QED) is 0.0596. The van der Waals surface area contributed by atoms with Gasteiger partial charge in [0.2, 0.25) is 8.32 Å². The normalized spacial score (nSPS) is 30.4.